The predicted molar refractivity (Wildman–Crippen MR) is 113 cm³/mol. The zero-order chi connectivity index (χ0) is 20.5. The minimum absolute atomic E-state index is 0.00483. The van der Waals surface area contributed by atoms with Crippen LogP contribution in [0.15, 0.2) is 34.2 Å². The van der Waals surface area contributed by atoms with E-state index in [-0.39, 0.29) is 29.7 Å². The first-order valence-corrected chi connectivity index (χ1v) is 10.5. The Balaban J connectivity index is 2.20. The first-order valence-electron chi connectivity index (χ1n) is 9.54. The van der Waals surface area contributed by atoms with Gasteiger partial charge in [-0.25, -0.2) is 4.98 Å². The fourth-order valence-corrected chi connectivity index (χ4v) is 3.74. The zero-order valence-electron chi connectivity index (χ0n) is 16.7. The summed E-state index contributed by atoms with van der Waals surface area (Å²) in [6.45, 7) is 2.73. The fourth-order valence-electron chi connectivity index (χ4n) is 2.77. The summed E-state index contributed by atoms with van der Waals surface area (Å²) < 4.78 is 1.68. The predicted octanol–water partition coefficient (Wildman–Crippen LogP) is 2.27. The number of hydrogen-bond acceptors (Lipinski definition) is 5. The van der Waals surface area contributed by atoms with Crippen LogP contribution in [-0.4, -0.2) is 52.7 Å². The van der Waals surface area contributed by atoms with Gasteiger partial charge in [0.15, 0.2) is 5.16 Å². The fraction of sp³-hybridized carbons (Fsp3) is 0.500. The largest absolute Gasteiger partial charge is 0.358 e. The summed E-state index contributed by atoms with van der Waals surface area (Å²) in [4.78, 5) is 42.7. The highest BCUT2D eigenvalue weighted by molar-refractivity contribution is 7.99. The number of nitrogens with zero attached hydrogens (tertiary/aromatic N) is 3. The molecule has 0 aliphatic heterocycles. The van der Waals surface area contributed by atoms with Crippen LogP contribution in [0.2, 0.25) is 0 Å². The standard InChI is InChI=1S/C20H28N4O3S/c1-4-5-6-9-12-24-19(27)15-10-7-8-11-16(15)22-20(24)28-14-18(26)23(3)13-17(25)21-2/h7-8,10-11H,4-6,9,12-14H2,1-3H3,(H,21,25). The van der Waals surface area contributed by atoms with Crippen molar-refractivity contribution in [3.05, 3.63) is 34.6 Å². The van der Waals surface area contributed by atoms with Crippen LogP contribution in [0.3, 0.4) is 0 Å². The lowest BCUT2D eigenvalue weighted by Crippen LogP contribution is -2.37. The van der Waals surface area contributed by atoms with Gasteiger partial charge in [0.2, 0.25) is 11.8 Å². The molecule has 7 nitrogen and oxygen atoms in total. The molecule has 0 unspecified atom stereocenters. The van der Waals surface area contributed by atoms with E-state index in [1.54, 1.807) is 17.7 Å². The Morgan fingerprint density at radius 1 is 1.21 bits per heavy atom. The van der Waals surface area contributed by atoms with Gasteiger partial charge in [-0.05, 0) is 18.6 Å². The Morgan fingerprint density at radius 3 is 2.68 bits per heavy atom. The van der Waals surface area contributed by atoms with Crippen LogP contribution >= 0.6 is 11.8 Å². The van der Waals surface area contributed by atoms with Crippen LogP contribution in [-0.2, 0) is 16.1 Å². The van der Waals surface area contributed by atoms with E-state index in [1.807, 2.05) is 18.2 Å². The topological polar surface area (TPSA) is 84.3 Å². The van der Waals surface area contributed by atoms with Gasteiger partial charge in [-0.15, -0.1) is 0 Å². The molecule has 0 aliphatic carbocycles. The third-order valence-corrected chi connectivity index (χ3v) is 5.43. The molecule has 2 amide bonds. The van der Waals surface area contributed by atoms with Crippen LogP contribution in [0.1, 0.15) is 32.6 Å². The number of aromatic nitrogens is 2. The normalized spacial score (nSPS) is 10.8. The molecule has 28 heavy (non-hydrogen) atoms. The quantitative estimate of drug-likeness (QED) is 0.373. The second-order valence-corrected chi connectivity index (χ2v) is 7.58. The number of para-hydroxylation sites is 1. The second-order valence-electron chi connectivity index (χ2n) is 6.64. The van der Waals surface area contributed by atoms with Gasteiger partial charge in [-0.3, -0.25) is 19.0 Å². The Kier molecular flexibility index (Phi) is 8.50. The third kappa shape index (κ3) is 5.82. The molecule has 8 heteroatoms. The Morgan fingerprint density at radius 2 is 1.96 bits per heavy atom. The van der Waals surface area contributed by atoms with Crippen molar-refractivity contribution < 1.29 is 9.59 Å². The maximum Gasteiger partial charge on any atom is 0.262 e. The van der Waals surface area contributed by atoms with Crippen molar-refractivity contribution in [3.63, 3.8) is 0 Å². The van der Waals surface area contributed by atoms with E-state index < -0.39 is 0 Å². The van der Waals surface area contributed by atoms with Gasteiger partial charge < -0.3 is 10.2 Å². The second kappa shape index (κ2) is 10.8. The van der Waals surface area contributed by atoms with Crippen LogP contribution in [0.25, 0.3) is 10.9 Å². The highest BCUT2D eigenvalue weighted by atomic mass is 32.2. The third-order valence-electron chi connectivity index (χ3n) is 4.47. The minimum atomic E-state index is -0.225. The van der Waals surface area contributed by atoms with Crippen molar-refractivity contribution >= 4 is 34.5 Å². The molecule has 0 atom stereocenters. The first kappa shape index (κ1) is 21.9. The summed E-state index contributed by atoms with van der Waals surface area (Å²) in [7, 11) is 3.12. The molecule has 1 aromatic heterocycles. The van der Waals surface area contributed by atoms with E-state index in [4.69, 9.17) is 0 Å². The van der Waals surface area contributed by atoms with E-state index in [9.17, 15) is 14.4 Å². The number of likely N-dealkylation sites (N-methyl/N-ethyl adjacent to an activating group) is 2. The Bertz CT molecular complexity index is 881. The van der Waals surface area contributed by atoms with Crippen molar-refractivity contribution in [3.8, 4) is 0 Å². The van der Waals surface area contributed by atoms with Crippen molar-refractivity contribution in [1.82, 2.24) is 19.8 Å². The summed E-state index contributed by atoms with van der Waals surface area (Å²) in [6.07, 6.45) is 4.19. The van der Waals surface area contributed by atoms with Gasteiger partial charge in [0.25, 0.3) is 5.56 Å². The maximum absolute atomic E-state index is 12.9. The van der Waals surface area contributed by atoms with Crippen LogP contribution in [0, 0.1) is 0 Å². The van der Waals surface area contributed by atoms with E-state index >= 15 is 0 Å². The van der Waals surface area contributed by atoms with Gasteiger partial charge in [-0.2, -0.15) is 0 Å². The van der Waals surface area contributed by atoms with E-state index in [1.165, 1.54) is 23.7 Å². The lowest BCUT2D eigenvalue weighted by atomic mass is 10.2. The highest BCUT2D eigenvalue weighted by Crippen LogP contribution is 2.19. The Labute approximate surface area is 169 Å². The average Bonchev–Trinajstić information content (AvgIpc) is 2.70. The van der Waals surface area contributed by atoms with Crippen LogP contribution in [0.5, 0.6) is 0 Å². The van der Waals surface area contributed by atoms with E-state index in [2.05, 4.69) is 17.2 Å². The number of amides is 2. The molecule has 0 spiro atoms. The molecule has 0 saturated heterocycles. The molecule has 0 saturated carbocycles. The molecule has 0 aliphatic rings. The molecular weight excluding hydrogens is 376 g/mol. The van der Waals surface area contributed by atoms with Crippen molar-refractivity contribution in [1.29, 1.82) is 0 Å². The molecule has 2 aromatic rings. The SMILES string of the molecule is CCCCCCn1c(SCC(=O)N(C)CC(=O)NC)nc2ccccc2c1=O. The molecular formula is C20H28N4O3S. The summed E-state index contributed by atoms with van der Waals surface area (Å²) in [5.41, 5.74) is 0.557. The van der Waals surface area contributed by atoms with Gasteiger partial charge in [0, 0.05) is 20.6 Å². The van der Waals surface area contributed by atoms with Crippen molar-refractivity contribution in [2.24, 2.45) is 0 Å². The number of carbonyl (C=O) groups excluding carboxylic acids is 2. The molecule has 0 bridgehead atoms. The molecule has 0 fully saturated rings. The Hall–Kier alpha value is -2.35. The van der Waals surface area contributed by atoms with E-state index in [0.29, 0.717) is 22.6 Å². The van der Waals surface area contributed by atoms with Crippen molar-refractivity contribution in [2.75, 3.05) is 26.4 Å². The summed E-state index contributed by atoms with van der Waals surface area (Å²) in [5, 5.41) is 3.63. The smallest absolute Gasteiger partial charge is 0.262 e. The zero-order valence-corrected chi connectivity index (χ0v) is 17.6. The first-order chi connectivity index (χ1) is 13.5. The maximum atomic E-state index is 12.9. The van der Waals surface area contributed by atoms with E-state index in [0.717, 1.165) is 25.7 Å². The van der Waals surface area contributed by atoms with Gasteiger partial charge in [0.1, 0.15) is 0 Å². The average molecular weight is 405 g/mol. The molecule has 2 rings (SSSR count). The number of fused-ring (bicyclic) bond motifs is 1. The molecule has 1 aromatic carbocycles. The number of nitrogens with one attached hydrogen (secondary N) is 1. The number of rotatable bonds is 10. The summed E-state index contributed by atoms with van der Waals surface area (Å²) in [5.74, 6) is -0.293. The number of carbonyl (C=O) groups is 2. The molecule has 152 valence electrons. The van der Waals surface area contributed by atoms with Gasteiger partial charge >= 0.3 is 0 Å². The monoisotopic (exact) mass is 404 g/mol. The lowest BCUT2D eigenvalue weighted by molar-refractivity contribution is -0.132. The molecule has 1 N–H and O–H groups in total. The molecule has 0 radical (unpaired) electrons. The lowest BCUT2D eigenvalue weighted by Gasteiger charge is -2.17. The molecule has 1 heterocycles. The van der Waals surface area contributed by atoms with Crippen molar-refractivity contribution in [2.45, 2.75) is 44.3 Å². The number of thioether (sulfide) groups is 1. The number of unbranched alkanes of at least 4 members (excludes halogenated alkanes) is 3. The van der Waals surface area contributed by atoms with Gasteiger partial charge in [0.05, 0.1) is 23.2 Å². The number of hydrogen-bond donors (Lipinski definition) is 1. The summed E-state index contributed by atoms with van der Waals surface area (Å²) in [6, 6.07) is 7.26. The summed E-state index contributed by atoms with van der Waals surface area (Å²) >= 11 is 1.24. The van der Waals surface area contributed by atoms with Crippen LogP contribution in [0.4, 0.5) is 0 Å². The van der Waals surface area contributed by atoms with Gasteiger partial charge in [-0.1, -0.05) is 50.1 Å². The highest BCUT2D eigenvalue weighted by Gasteiger charge is 2.16. The van der Waals surface area contributed by atoms with Crippen LogP contribution < -0.4 is 10.9 Å². The number of benzene rings is 1. The minimum Gasteiger partial charge on any atom is -0.358 e.